The highest BCUT2D eigenvalue weighted by Crippen LogP contribution is 2.19. The molecule has 1 atom stereocenters. The number of carbonyl (C=O) groups is 1. The van der Waals surface area contributed by atoms with E-state index >= 15 is 0 Å². The van der Waals surface area contributed by atoms with Crippen molar-refractivity contribution in [2.75, 3.05) is 13.2 Å². The maximum absolute atomic E-state index is 11.3. The normalized spacial score (nSPS) is 12.2. The molecule has 1 aromatic rings. The van der Waals surface area contributed by atoms with Crippen molar-refractivity contribution in [1.29, 1.82) is 0 Å². The number of urea groups is 1. The molecule has 2 amide bonds. The highest BCUT2D eigenvalue weighted by Gasteiger charge is 2.12. The monoisotopic (exact) mass is 243 g/mol. The Morgan fingerprint density at radius 1 is 1.69 bits per heavy atom. The van der Waals surface area contributed by atoms with E-state index in [2.05, 4.69) is 22.5 Å². The topological polar surface area (TPSA) is 74.2 Å². The molecule has 16 heavy (non-hydrogen) atoms. The van der Waals surface area contributed by atoms with Crippen LogP contribution < -0.4 is 10.6 Å². The molecule has 0 aliphatic rings. The fraction of sp³-hybridized carbons (Fsp3) is 0.600. The van der Waals surface area contributed by atoms with Gasteiger partial charge in [-0.3, -0.25) is 0 Å². The summed E-state index contributed by atoms with van der Waals surface area (Å²) in [5, 5.41) is 14.7. The zero-order chi connectivity index (χ0) is 12.0. The van der Waals surface area contributed by atoms with E-state index in [4.69, 9.17) is 5.11 Å². The van der Waals surface area contributed by atoms with Crippen LogP contribution in [0.2, 0.25) is 0 Å². The Balaban J connectivity index is 2.45. The number of amides is 2. The van der Waals surface area contributed by atoms with Crippen molar-refractivity contribution in [2.45, 2.75) is 26.3 Å². The van der Waals surface area contributed by atoms with Crippen LogP contribution in [0.5, 0.6) is 0 Å². The Hall–Kier alpha value is -1.14. The summed E-state index contributed by atoms with van der Waals surface area (Å²) in [5.41, 5.74) is 0. The fourth-order valence-corrected chi connectivity index (χ4v) is 2.02. The molecule has 6 heteroatoms. The summed E-state index contributed by atoms with van der Waals surface area (Å²) >= 11 is 1.60. The van der Waals surface area contributed by atoms with Gasteiger partial charge in [-0.2, -0.15) is 0 Å². The van der Waals surface area contributed by atoms with Crippen LogP contribution in [0.25, 0.3) is 0 Å². The van der Waals surface area contributed by atoms with Crippen LogP contribution in [-0.2, 0) is 6.42 Å². The molecule has 1 unspecified atom stereocenters. The van der Waals surface area contributed by atoms with Gasteiger partial charge in [0.25, 0.3) is 0 Å². The summed E-state index contributed by atoms with van der Waals surface area (Å²) in [5.74, 6) is 0. The van der Waals surface area contributed by atoms with E-state index in [1.54, 1.807) is 11.3 Å². The Morgan fingerprint density at radius 3 is 3.00 bits per heavy atom. The number of nitrogens with zero attached hydrogens (tertiary/aromatic N) is 1. The lowest BCUT2D eigenvalue weighted by Crippen LogP contribution is -2.38. The van der Waals surface area contributed by atoms with Crippen LogP contribution in [0.15, 0.2) is 6.20 Å². The first-order valence-corrected chi connectivity index (χ1v) is 6.08. The molecule has 0 saturated heterocycles. The molecule has 0 aromatic carbocycles. The van der Waals surface area contributed by atoms with Gasteiger partial charge in [-0.1, -0.05) is 6.92 Å². The van der Waals surface area contributed by atoms with Crippen molar-refractivity contribution in [3.8, 4) is 0 Å². The minimum atomic E-state index is -0.283. The van der Waals surface area contributed by atoms with Gasteiger partial charge in [0.2, 0.25) is 0 Å². The molecule has 0 spiro atoms. The molecule has 0 aliphatic heterocycles. The van der Waals surface area contributed by atoms with E-state index < -0.39 is 0 Å². The van der Waals surface area contributed by atoms with Gasteiger partial charge in [-0.05, 0) is 13.3 Å². The van der Waals surface area contributed by atoms with Gasteiger partial charge in [-0.25, -0.2) is 9.78 Å². The van der Waals surface area contributed by atoms with E-state index in [0.29, 0.717) is 0 Å². The van der Waals surface area contributed by atoms with Gasteiger partial charge in [0.1, 0.15) is 5.01 Å². The first-order chi connectivity index (χ1) is 7.67. The summed E-state index contributed by atoms with van der Waals surface area (Å²) in [4.78, 5) is 16.8. The van der Waals surface area contributed by atoms with Crippen molar-refractivity contribution in [2.24, 2.45) is 0 Å². The summed E-state index contributed by atoms with van der Waals surface area (Å²) in [6.07, 6.45) is 2.80. The average molecular weight is 243 g/mol. The number of aromatic nitrogens is 1. The highest BCUT2D eigenvalue weighted by atomic mass is 32.1. The third-order valence-electron chi connectivity index (χ3n) is 2.04. The zero-order valence-electron chi connectivity index (χ0n) is 9.49. The number of nitrogens with one attached hydrogen (secondary N) is 2. The molecule has 1 aromatic heterocycles. The molecule has 3 N–H and O–H groups in total. The zero-order valence-corrected chi connectivity index (χ0v) is 10.3. The summed E-state index contributed by atoms with van der Waals surface area (Å²) in [6.45, 7) is 4.16. The highest BCUT2D eigenvalue weighted by molar-refractivity contribution is 7.11. The van der Waals surface area contributed by atoms with Gasteiger partial charge in [0, 0.05) is 17.6 Å². The second-order valence-corrected chi connectivity index (χ2v) is 4.51. The van der Waals surface area contributed by atoms with Crippen LogP contribution in [-0.4, -0.2) is 29.3 Å². The lowest BCUT2D eigenvalue weighted by molar-refractivity contribution is 0.231. The molecular formula is C10H17N3O2S. The van der Waals surface area contributed by atoms with Crippen LogP contribution in [0.4, 0.5) is 4.79 Å². The number of aliphatic hydroxyl groups excluding tert-OH is 1. The average Bonchev–Trinajstić information content (AvgIpc) is 2.74. The first-order valence-electron chi connectivity index (χ1n) is 5.27. The number of carbonyl (C=O) groups excluding carboxylic acids is 1. The molecule has 90 valence electrons. The second kappa shape index (κ2) is 6.44. The number of aryl methyl sites for hydroxylation is 1. The standard InChI is InChI=1S/C10H17N3O2S/c1-3-8-6-12-9(16-8)7(2)13-10(15)11-4-5-14/h6-7,14H,3-5H2,1-2H3,(H2,11,13,15). The molecule has 1 rings (SSSR count). The summed E-state index contributed by atoms with van der Waals surface area (Å²) in [6, 6.07) is -0.390. The molecule has 0 fully saturated rings. The predicted octanol–water partition coefficient (Wildman–Crippen LogP) is 1.06. The first kappa shape index (κ1) is 12.9. The van der Waals surface area contributed by atoms with Crippen LogP contribution in [0.1, 0.15) is 29.8 Å². The maximum atomic E-state index is 11.3. The van der Waals surface area contributed by atoms with E-state index in [1.165, 1.54) is 4.88 Å². The molecule has 0 aliphatic carbocycles. The molecule has 0 radical (unpaired) electrons. The Bertz CT molecular complexity index is 341. The van der Waals surface area contributed by atoms with E-state index in [9.17, 15) is 4.79 Å². The number of hydrogen-bond acceptors (Lipinski definition) is 4. The van der Waals surface area contributed by atoms with Crippen LogP contribution >= 0.6 is 11.3 Å². The minimum absolute atomic E-state index is 0.0565. The van der Waals surface area contributed by atoms with E-state index in [1.807, 2.05) is 13.1 Å². The van der Waals surface area contributed by atoms with Crippen molar-refractivity contribution in [3.63, 3.8) is 0 Å². The number of rotatable bonds is 5. The fourth-order valence-electron chi connectivity index (χ4n) is 1.17. The predicted molar refractivity (Wildman–Crippen MR) is 63.5 cm³/mol. The lowest BCUT2D eigenvalue weighted by Gasteiger charge is -2.11. The van der Waals surface area contributed by atoms with Crippen molar-refractivity contribution in [3.05, 3.63) is 16.1 Å². The van der Waals surface area contributed by atoms with Gasteiger partial charge >= 0.3 is 6.03 Å². The Labute approximate surface area is 98.9 Å². The Kier molecular flexibility index (Phi) is 5.21. The molecule has 0 bridgehead atoms. The SMILES string of the molecule is CCc1cnc(C(C)NC(=O)NCCO)s1. The van der Waals surface area contributed by atoms with Gasteiger partial charge in [-0.15, -0.1) is 11.3 Å². The molecule has 0 saturated carbocycles. The van der Waals surface area contributed by atoms with Crippen molar-refractivity contribution >= 4 is 17.4 Å². The lowest BCUT2D eigenvalue weighted by atomic mass is 10.3. The van der Waals surface area contributed by atoms with Gasteiger partial charge in [0.05, 0.1) is 12.6 Å². The van der Waals surface area contributed by atoms with Crippen molar-refractivity contribution in [1.82, 2.24) is 15.6 Å². The Morgan fingerprint density at radius 2 is 2.44 bits per heavy atom. The molecular weight excluding hydrogens is 226 g/mol. The van der Waals surface area contributed by atoms with Crippen LogP contribution in [0.3, 0.4) is 0 Å². The number of aliphatic hydroxyl groups is 1. The maximum Gasteiger partial charge on any atom is 0.315 e. The minimum Gasteiger partial charge on any atom is -0.395 e. The molecule has 5 nitrogen and oxygen atoms in total. The summed E-state index contributed by atoms with van der Waals surface area (Å²) in [7, 11) is 0. The third-order valence-corrected chi connectivity index (χ3v) is 3.36. The largest absolute Gasteiger partial charge is 0.395 e. The summed E-state index contributed by atoms with van der Waals surface area (Å²) < 4.78 is 0. The van der Waals surface area contributed by atoms with E-state index in [0.717, 1.165) is 11.4 Å². The molecule has 1 heterocycles. The van der Waals surface area contributed by atoms with E-state index in [-0.39, 0.29) is 25.2 Å². The third kappa shape index (κ3) is 3.79. The second-order valence-electron chi connectivity index (χ2n) is 3.36. The quantitative estimate of drug-likeness (QED) is 0.724. The van der Waals surface area contributed by atoms with Gasteiger partial charge < -0.3 is 15.7 Å². The van der Waals surface area contributed by atoms with Crippen LogP contribution in [0, 0.1) is 0 Å². The number of thiazole rings is 1. The van der Waals surface area contributed by atoms with Crippen molar-refractivity contribution < 1.29 is 9.90 Å². The number of hydrogen-bond donors (Lipinski definition) is 3. The van der Waals surface area contributed by atoms with Gasteiger partial charge in [0.15, 0.2) is 0 Å². The smallest absolute Gasteiger partial charge is 0.315 e.